The van der Waals surface area contributed by atoms with E-state index in [0.717, 1.165) is 25.7 Å². The molecule has 2 fully saturated rings. The normalized spacial score (nSPS) is 35.6. The van der Waals surface area contributed by atoms with Crippen LogP contribution in [0.3, 0.4) is 0 Å². The molecule has 2 saturated carbocycles. The van der Waals surface area contributed by atoms with Crippen molar-refractivity contribution in [2.24, 2.45) is 23.7 Å². The predicted octanol–water partition coefficient (Wildman–Crippen LogP) is 4.33. The van der Waals surface area contributed by atoms with Gasteiger partial charge < -0.3 is 4.74 Å². The Bertz CT molecular complexity index is 333. The molecule has 0 aromatic rings. The number of halogens is 3. The van der Waals surface area contributed by atoms with Gasteiger partial charge in [-0.3, -0.25) is 4.79 Å². The summed E-state index contributed by atoms with van der Waals surface area (Å²) in [5.74, 6) is -0.920. The van der Waals surface area contributed by atoms with E-state index in [1.807, 2.05) is 0 Å². The second-order valence-corrected chi connectivity index (χ2v) is 6.23. The number of carbonyl (C=O) groups excluding carboxylic acids is 1. The monoisotopic (exact) mass is 292 g/mol. The summed E-state index contributed by atoms with van der Waals surface area (Å²) in [4.78, 5) is 11.8. The van der Waals surface area contributed by atoms with E-state index in [2.05, 4.69) is 0 Å². The number of carbonyl (C=O) groups is 1. The van der Waals surface area contributed by atoms with Gasteiger partial charge in [-0.15, -0.1) is 0 Å². The SMILES string of the molecule is COC(=O)[C@@H]1CCCC[C@H]1C1CCC(C(F)(F)F)CC1. The lowest BCUT2D eigenvalue weighted by Gasteiger charge is -2.39. The number of hydrogen-bond donors (Lipinski definition) is 0. The Morgan fingerprint density at radius 3 is 2.15 bits per heavy atom. The molecule has 0 spiro atoms. The number of alkyl halides is 3. The molecule has 2 aliphatic carbocycles. The maximum atomic E-state index is 12.7. The molecule has 0 unspecified atom stereocenters. The van der Waals surface area contributed by atoms with Gasteiger partial charge in [0.15, 0.2) is 0 Å². The number of rotatable bonds is 2. The zero-order valence-corrected chi connectivity index (χ0v) is 11.9. The van der Waals surface area contributed by atoms with Gasteiger partial charge in [-0.1, -0.05) is 12.8 Å². The summed E-state index contributed by atoms with van der Waals surface area (Å²) < 4.78 is 43.0. The van der Waals surface area contributed by atoms with E-state index < -0.39 is 12.1 Å². The maximum absolute atomic E-state index is 12.7. The molecular weight excluding hydrogens is 269 g/mol. The molecule has 20 heavy (non-hydrogen) atoms. The number of ether oxygens (including phenoxy) is 1. The summed E-state index contributed by atoms with van der Waals surface area (Å²) in [5, 5.41) is 0. The second kappa shape index (κ2) is 6.35. The molecule has 2 nitrogen and oxygen atoms in total. The van der Waals surface area contributed by atoms with Crippen molar-refractivity contribution in [3.8, 4) is 0 Å². The third kappa shape index (κ3) is 3.47. The van der Waals surface area contributed by atoms with Crippen molar-refractivity contribution in [2.45, 2.75) is 57.5 Å². The van der Waals surface area contributed by atoms with Gasteiger partial charge in [0.05, 0.1) is 18.9 Å². The first-order valence-electron chi connectivity index (χ1n) is 7.58. The summed E-state index contributed by atoms with van der Waals surface area (Å²) >= 11 is 0. The van der Waals surface area contributed by atoms with Gasteiger partial charge in [0.2, 0.25) is 0 Å². The average Bonchev–Trinajstić information content (AvgIpc) is 2.45. The Kier molecular flexibility index (Phi) is 4.97. The number of methoxy groups -OCH3 is 1. The van der Waals surface area contributed by atoms with Crippen molar-refractivity contribution in [1.82, 2.24) is 0 Å². The summed E-state index contributed by atoms with van der Waals surface area (Å²) in [5.41, 5.74) is 0. The van der Waals surface area contributed by atoms with Gasteiger partial charge in [0.1, 0.15) is 0 Å². The fourth-order valence-corrected chi connectivity index (χ4v) is 4.04. The Morgan fingerprint density at radius 2 is 1.60 bits per heavy atom. The van der Waals surface area contributed by atoms with Crippen LogP contribution in [0.2, 0.25) is 0 Å². The van der Waals surface area contributed by atoms with Gasteiger partial charge in [-0.05, 0) is 50.4 Å². The molecule has 0 aromatic heterocycles. The van der Waals surface area contributed by atoms with E-state index in [1.165, 1.54) is 7.11 Å². The lowest BCUT2D eigenvalue weighted by molar-refractivity contribution is -0.186. The summed E-state index contributed by atoms with van der Waals surface area (Å²) in [6.07, 6.45) is 1.48. The Balaban J connectivity index is 1.95. The van der Waals surface area contributed by atoms with Gasteiger partial charge >= 0.3 is 12.1 Å². The molecule has 2 aliphatic rings. The van der Waals surface area contributed by atoms with Crippen LogP contribution >= 0.6 is 0 Å². The Morgan fingerprint density at radius 1 is 1.00 bits per heavy atom. The highest BCUT2D eigenvalue weighted by atomic mass is 19.4. The van der Waals surface area contributed by atoms with Crippen LogP contribution in [0.25, 0.3) is 0 Å². The fraction of sp³-hybridized carbons (Fsp3) is 0.933. The third-order valence-corrected chi connectivity index (χ3v) is 5.16. The second-order valence-electron chi connectivity index (χ2n) is 6.23. The zero-order valence-electron chi connectivity index (χ0n) is 11.9. The van der Waals surface area contributed by atoms with E-state index in [0.29, 0.717) is 12.8 Å². The van der Waals surface area contributed by atoms with Gasteiger partial charge in [0.25, 0.3) is 0 Å². The van der Waals surface area contributed by atoms with Crippen LogP contribution in [0, 0.1) is 23.7 Å². The van der Waals surface area contributed by atoms with Crippen LogP contribution < -0.4 is 0 Å². The molecule has 116 valence electrons. The molecule has 2 atom stereocenters. The zero-order chi connectivity index (χ0) is 14.8. The first-order chi connectivity index (χ1) is 9.43. The quantitative estimate of drug-likeness (QED) is 0.708. The minimum Gasteiger partial charge on any atom is -0.469 e. The molecule has 0 radical (unpaired) electrons. The number of hydrogen-bond acceptors (Lipinski definition) is 2. The minimum absolute atomic E-state index is 0.0961. The fourth-order valence-electron chi connectivity index (χ4n) is 4.04. The molecule has 5 heteroatoms. The largest absolute Gasteiger partial charge is 0.469 e. The highest BCUT2D eigenvalue weighted by Crippen LogP contribution is 2.46. The van der Waals surface area contributed by atoms with Crippen LogP contribution in [0.5, 0.6) is 0 Å². The predicted molar refractivity (Wildman–Crippen MR) is 69.0 cm³/mol. The molecule has 0 aliphatic heterocycles. The van der Waals surface area contributed by atoms with Crippen molar-refractivity contribution in [2.75, 3.05) is 7.11 Å². The highest BCUT2D eigenvalue weighted by Gasteiger charge is 2.44. The van der Waals surface area contributed by atoms with Crippen molar-refractivity contribution in [3.63, 3.8) is 0 Å². The Labute approximate surface area is 118 Å². The van der Waals surface area contributed by atoms with Crippen LogP contribution in [-0.2, 0) is 9.53 Å². The smallest absolute Gasteiger partial charge is 0.391 e. The van der Waals surface area contributed by atoms with E-state index in [9.17, 15) is 18.0 Å². The standard InChI is InChI=1S/C15H23F3O2/c1-20-14(19)13-5-3-2-4-12(13)10-6-8-11(9-7-10)15(16,17)18/h10-13H,2-9H2,1H3/t10?,11?,12-,13+/m0/s1. The average molecular weight is 292 g/mol. The van der Waals surface area contributed by atoms with Crippen LogP contribution in [-0.4, -0.2) is 19.3 Å². The van der Waals surface area contributed by atoms with Crippen LogP contribution in [0.4, 0.5) is 13.2 Å². The van der Waals surface area contributed by atoms with E-state index in [4.69, 9.17) is 4.74 Å². The van der Waals surface area contributed by atoms with E-state index in [1.54, 1.807) is 0 Å². The molecule has 0 amide bonds. The molecule has 0 saturated heterocycles. The van der Waals surface area contributed by atoms with Crippen molar-refractivity contribution in [3.05, 3.63) is 0 Å². The van der Waals surface area contributed by atoms with Gasteiger partial charge in [-0.25, -0.2) is 0 Å². The molecule has 0 heterocycles. The minimum atomic E-state index is -4.06. The Hall–Kier alpha value is -0.740. The van der Waals surface area contributed by atoms with Crippen LogP contribution in [0.1, 0.15) is 51.4 Å². The highest BCUT2D eigenvalue weighted by molar-refractivity contribution is 5.72. The topological polar surface area (TPSA) is 26.3 Å². The molecule has 2 rings (SSSR count). The summed E-state index contributed by atoms with van der Waals surface area (Å²) in [7, 11) is 1.40. The van der Waals surface area contributed by atoms with Crippen LogP contribution in [0.15, 0.2) is 0 Å². The van der Waals surface area contributed by atoms with Crippen molar-refractivity contribution >= 4 is 5.97 Å². The third-order valence-electron chi connectivity index (χ3n) is 5.16. The molecule has 0 aromatic carbocycles. The molecule has 0 bridgehead atoms. The first-order valence-corrected chi connectivity index (χ1v) is 7.58. The lowest BCUT2D eigenvalue weighted by atomic mass is 9.66. The van der Waals surface area contributed by atoms with Crippen molar-refractivity contribution < 1.29 is 22.7 Å². The van der Waals surface area contributed by atoms with Gasteiger partial charge in [-0.2, -0.15) is 13.2 Å². The van der Waals surface area contributed by atoms with Gasteiger partial charge in [0, 0.05) is 0 Å². The first kappa shape index (κ1) is 15.6. The molecular formula is C15H23F3O2. The van der Waals surface area contributed by atoms with E-state index in [-0.39, 0.29) is 36.6 Å². The van der Waals surface area contributed by atoms with Crippen molar-refractivity contribution in [1.29, 1.82) is 0 Å². The summed E-state index contributed by atoms with van der Waals surface area (Å²) in [6.45, 7) is 0. The number of esters is 1. The summed E-state index contributed by atoms with van der Waals surface area (Å²) in [6, 6.07) is 0. The maximum Gasteiger partial charge on any atom is 0.391 e. The van der Waals surface area contributed by atoms with E-state index >= 15 is 0 Å². The lowest BCUT2D eigenvalue weighted by Crippen LogP contribution is -2.36. The molecule has 0 N–H and O–H groups in total.